The third kappa shape index (κ3) is 5.93. The zero-order valence-electron chi connectivity index (χ0n) is 7.07. The normalized spacial score (nSPS) is 10.9. The molecule has 6 nitrogen and oxygen atoms in total. The molecule has 0 saturated heterocycles. The lowest BCUT2D eigenvalue weighted by atomic mass is 10.7. The summed E-state index contributed by atoms with van der Waals surface area (Å²) in [6.45, 7) is 0.0375. The molecule has 12 heavy (non-hydrogen) atoms. The van der Waals surface area contributed by atoms with E-state index >= 15 is 0 Å². The first-order valence-electron chi connectivity index (χ1n) is 3.28. The van der Waals surface area contributed by atoms with Crippen LogP contribution < -0.4 is 10.5 Å². The molecule has 2 amide bonds. The van der Waals surface area contributed by atoms with Gasteiger partial charge in [-0.15, -0.1) is 0 Å². The van der Waals surface area contributed by atoms with Crippen LogP contribution in [-0.4, -0.2) is 45.7 Å². The second-order valence-corrected chi connectivity index (χ2v) is 4.23. The maximum Gasteiger partial charge on any atom is 0.316 e. The van der Waals surface area contributed by atoms with Crippen LogP contribution in [0, 0.1) is 0 Å². The molecule has 0 aromatic carbocycles. The highest BCUT2D eigenvalue weighted by atomic mass is 32.2. The Bertz CT molecular complexity index is 247. The first kappa shape index (κ1) is 11.2. The first-order valence-corrected chi connectivity index (χ1v) is 5.00. The van der Waals surface area contributed by atoms with Gasteiger partial charge in [-0.3, -0.25) is 0 Å². The molecule has 0 radical (unpaired) electrons. The van der Waals surface area contributed by atoms with Crippen LogP contribution in [0.4, 0.5) is 4.79 Å². The van der Waals surface area contributed by atoms with Gasteiger partial charge < -0.3 is 10.2 Å². The van der Waals surface area contributed by atoms with Crippen molar-refractivity contribution in [2.75, 3.05) is 26.4 Å². The molecule has 0 aliphatic heterocycles. The van der Waals surface area contributed by atoms with Gasteiger partial charge in [0.05, 0.1) is 5.75 Å². The molecule has 7 heteroatoms. The predicted octanol–water partition coefficient (Wildman–Crippen LogP) is -1.45. The van der Waals surface area contributed by atoms with E-state index in [0.717, 1.165) is 0 Å². The zero-order valence-corrected chi connectivity index (χ0v) is 7.89. The summed E-state index contributed by atoms with van der Waals surface area (Å²) >= 11 is 0. The Morgan fingerprint density at radius 2 is 2.00 bits per heavy atom. The molecule has 0 fully saturated rings. The van der Waals surface area contributed by atoms with Crippen LogP contribution in [0.2, 0.25) is 0 Å². The number of carbonyl (C=O) groups is 1. The molecule has 3 N–H and O–H groups in total. The number of rotatable bonds is 3. The van der Waals surface area contributed by atoms with Crippen LogP contribution in [0.5, 0.6) is 0 Å². The zero-order chi connectivity index (χ0) is 9.78. The van der Waals surface area contributed by atoms with E-state index in [4.69, 9.17) is 5.14 Å². The molecule has 0 unspecified atom stereocenters. The molecular formula is C5H13N3O3S. The van der Waals surface area contributed by atoms with Gasteiger partial charge in [0, 0.05) is 20.6 Å². The molecule has 0 saturated carbocycles. The maximum atomic E-state index is 10.8. The molecule has 0 aliphatic carbocycles. The van der Waals surface area contributed by atoms with Gasteiger partial charge in [0.1, 0.15) is 0 Å². The van der Waals surface area contributed by atoms with Gasteiger partial charge in [0.15, 0.2) is 0 Å². The minimum atomic E-state index is -3.48. The van der Waals surface area contributed by atoms with Crippen molar-refractivity contribution >= 4 is 16.1 Å². The van der Waals surface area contributed by atoms with Crippen molar-refractivity contribution in [2.45, 2.75) is 0 Å². The van der Waals surface area contributed by atoms with Crippen molar-refractivity contribution in [3.05, 3.63) is 0 Å². The standard InChI is InChI=1S/C5H13N3O3S/c1-8(2)5(9)7-3-4-12(6,10)11/h3-4H2,1-2H3,(H,7,9)(H2,6,10,11). The molecule has 0 rings (SSSR count). The van der Waals surface area contributed by atoms with E-state index in [1.807, 2.05) is 0 Å². The number of hydrogen-bond acceptors (Lipinski definition) is 3. The Kier molecular flexibility index (Phi) is 3.98. The van der Waals surface area contributed by atoms with E-state index < -0.39 is 10.0 Å². The molecule has 0 bridgehead atoms. The number of sulfonamides is 1. The summed E-state index contributed by atoms with van der Waals surface area (Å²) in [5.41, 5.74) is 0. The lowest BCUT2D eigenvalue weighted by Gasteiger charge is -2.10. The van der Waals surface area contributed by atoms with Crippen LogP contribution in [0.1, 0.15) is 0 Å². The number of urea groups is 1. The fourth-order valence-electron chi connectivity index (χ4n) is 0.458. The molecular weight excluding hydrogens is 182 g/mol. The number of nitrogens with zero attached hydrogens (tertiary/aromatic N) is 1. The summed E-state index contributed by atoms with van der Waals surface area (Å²) in [7, 11) is -0.355. The third-order valence-electron chi connectivity index (χ3n) is 1.07. The number of hydrogen-bond donors (Lipinski definition) is 2. The average Bonchev–Trinajstić information content (AvgIpc) is 1.84. The lowest BCUT2D eigenvalue weighted by Crippen LogP contribution is -2.38. The van der Waals surface area contributed by atoms with Crippen LogP contribution in [0.15, 0.2) is 0 Å². The Labute approximate surface area is 71.8 Å². The van der Waals surface area contributed by atoms with Crippen molar-refractivity contribution in [1.82, 2.24) is 10.2 Å². The second-order valence-electron chi connectivity index (χ2n) is 2.49. The third-order valence-corrected chi connectivity index (χ3v) is 1.84. The molecule has 0 atom stereocenters. The van der Waals surface area contributed by atoms with Crippen LogP contribution >= 0.6 is 0 Å². The van der Waals surface area contributed by atoms with E-state index in [1.165, 1.54) is 4.90 Å². The number of primary sulfonamides is 1. The summed E-state index contributed by atoms with van der Waals surface area (Å²) in [5.74, 6) is -0.243. The highest BCUT2D eigenvalue weighted by molar-refractivity contribution is 7.89. The quantitative estimate of drug-likeness (QED) is 0.576. The van der Waals surface area contributed by atoms with Crippen molar-refractivity contribution in [3.63, 3.8) is 0 Å². The lowest BCUT2D eigenvalue weighted by molar-refractivity contribution is 0.218. The number of carbonyl (C=O) groups excluding carboxylic acids is 1. The van der Waals surface area contributed by atoms with Gasteiger partial charge in [-0.1, -0.05) is 0 Å². The van der Waals surface area contributed by atoms with Crippen molar-refractivity contribution in [2.24, 2.45) is 5.14 Å². The number of nitrogens with two attached hydrogens (primary N) is 1. The summed E-state index contributed by atoms with van der Waals surface area (Å²) in [6.07, 6.45) is 0. The fraction of sp³-hybridized carbons (Fsp3) is 0.800. The van der Waals surface area contributed by atoms with E-state index in [-0.39, 0.29) is 18.3 Å². The molecule has 0 aromatic rings. The SMILES string of the molecule is CN(C)C(=O)NCCS(N)(=O)=O. The Morgan fingerprint density at radius 1 is 1.50 bits per heavy atom. The average molecular weight is 195 g/mol. The van der Waals surface area contributed by atoms with Gasteiger partial charge in [0.2, 0.25) is 10.0 Å². The van der Waals surface area contributed by atoms with Crippen LogP contribution in [0.25, 0.3) is 0 Å². The van der Waals surface area contributed by atoms with Crippen molar-refractivity contribution < 1.29 is 13.2 Å². The van der Waals surface area contributed by atoms with Gasteiger partial charge in [0.25, 0.3) is 0 Å². The summed E-state index contributed by atoms with van der Waals surface area (Å²) in [5, 5.41) is 7.07. The van der Waals surface area contributed by atoms with E-state index in [1.54, 1.807) is 14.1 Å². The van der Waals surface area contributed by atoms with E-state index in [2.05, 4.69) is 5.32 Å². The highest BCUT2D eigenvalue weighted by Gasteiger charge is 2.05. The largest absolute Gasteiger partial charge is 0.337 e. The Morgan fingerprint density at radius 3 is 2.33 bits per heavy atom. The van der Waals surface area contributed by atoms with Crippen molar-refractivity contribution in [3.8, 4) is 0 Å². The Hall–Kier alpha value is -0.820. The number of amides is 2. The summed E-state index contributed by atoms with van der Waals surface area (Å²) < 4.78 is 20.8. The molecule has 0 aromatic heterocycles. The van der Waals surface area contributed by atoms with Gasteiger partial charge in [-0.2, -0.15) is 0 Å². The Balaban J connectivity index is 3.66. The van der Waals surface area contributed by atoms with Gasteiger partial charge in [-0.05, 0) is 0 Å². The summed E-state index contributed by atoms with van der Waals surface area (Å²) in [6, 6.07) is -0.335. The molecule has 0 aliphatic rings. The first-order chi connectivity index (χ1) is 5.33. The molecule has 72 valence electrons. The van der Waals surface area contributed by atoms with Crippen molar-refractivity contribution in [1.29, 1.82) is 0 Å². The topological polar surface area (TPSA) is 92.5 Å². The molecule has 0 spiro atoms. The molecule has 0 heterocycles. The minimum Gasteiger partial charge on any atom is -0.337 e. The number of nitrogens with one attached hydrogen (secondary N) is 1. The van der Waals surface area contributed by atoms with E-state index in [9.17, 15) is 13.2 Å². The maximum absolute atomic E-state index is 10.8. The highest BCUT2D eigenvalue weighted by Crippen LogP contribution is 1.78. The van der Waals surface area contributed by atoms with Crippen LogP contribution in [0.3, 0.4) is 0 Å². The van der Waals surface area contributed by atoms with Gasteiger partial charge in [-0.25, -0.2) is 18.4 Å². The predicted molar refractivity (Wildman–Crippen MR) is 45.1 cm³/mol. The second kappa shape index (κ2) is 4.27. The smallest absolute Gasteiger partial charge is 0.316 e. The van der Waals surface area contributed by atoms with Crippen LogP contribution in [-0.2, 0) is 10.0 Å². The van der Waals surface area contributed by atoms with E-state index in [0.29, 0.717) is 0 Å². The van der Waals surface area contributed by atoms with Gasteiger partial charge >= 0.3 is 6.03 Å². The fourth-order valence-corrected chi connectivity index (χ4v) is 0.845. The minimum absolute atomic E-state index is 0.0375. The monoisotopic (exact) mass is 195 g/mol. The summed E-state index contributed by atoms with van der Waals surface area (Å²) in [4.78, 5) is 12.1.